The first-order valence-electron chi connectivity index (χ1n) is 8.64. The number of pyridine rings is 1. The van der Waals surface area contributed by atoms with E-state index in [2.05, 4.69) is 20.6 Å². The molecule has 28 heavy (non-hydrogen) atoms. The molecule has 1 aromatic carbocycles. The van der Waals surface area contributed by atoms with Crippen molar-refractivity contribution in [3.05, 3.63) is 59.9 Å². The molecule has 0 amide bonds. The maximum Gasteiger partial charge on any atom is 0.170 e. The number of anilines is 1. The summed E-state index contributed by atoms with van der Waals surface area (Å²) < 4.78 is 22.8. The zero-order valence-electron chi connectivity index (χ0n) is 15.4. The second-order valence-electron chi connectivity index (χ2n) is 6.25. The summed E-state index contributed by atoms with van der Waals surface area (Å²) in [5, 5.41) is 25.3. The molecule has 0 bridgehead atoms. The highest BCUT2D eigenvalue weighted by molar-refractivity contribution is 5.80. The van der Waals surface area contributed by atoms with Gasteiger partial charge in [-0.2, -0.15) is 5.10 Å². The summed E-state index contributed by atoms with van der Waals surface area (Å²) in [5.74, 6) is 0.835. The first-order chi connectivity index (χ1) is 13.6. The Morgan fingerprint density at radius 1 is 1.21 bits per heavy atom. The second-order valence-corrected chi connectivity index (χ2v) is 6.25. The van der Waals surface area contributed by atoms with Crippen LogP contribution < -0.4 is 10.1 Å². The molecule has 3 aromatic heterocycles. The van der Waals surface area contributed by atoms with Crippen LogP contribution in [0.5, 0.6) is 5.75 Å². The molecule has 0 radical (unpaired) electrons. The summed E-state index contributed by atoms with van der Waals surface area (Å²) in [7, 11) is 3.30. The van der Waals surface area contributed by atoms with Gasteiger partial charge in [-0.25, -0.2) is 4.39 Å². The fraction of sp³-hybridized carbons (Fsp3) is 0.211. The van der Waals surface area contributed by atoms with Crippen molar-refractivity contribution in [1.29, 1.82) is 0 Å². The van der Waals surface area contributed by atoms with E-state index < -0.39 is 0 Å². The summed E-state index contributed by atoms with van der Waals surface area (Å²) in [4.78, 5) is 0. The van der Waals surface area contributed by atoms with Crippen LogP contribution in [0, 0.1) is 5.82 Å². The molecule has 2 N–H and O–H groups in total. The number of aliphatic hydroxyl groups is 1. The molecule has 0 unspecified atom stereocenters. The van der Waals surface area contributed by atoms with Crippen molar-refractivity contribution in [3.8, 4) is 16.9 Å². The van der Waals surface area contributed by atoms with Crippen LogP contribution in [0.15, 0.2) is 42.9 Å². The minimum atomic E-state index is -0.341. The lowest BCUT2D eigenvalue weighted by atomic mass is 10.1. The van der Waals surface area contributed by atoms with Crippen molar-refractivity contribution < 1.29 is 14.2 Å². The Kier molecular flexibility index (Phi) is 4.66. The van der Waals surface area contributed by atoms with Gasteiger partial charge in [-0.15, -0.1) is 10.2 Å². The standard InChI is InChI=1S/C19H19FN6O2/c1-25-9-14(16(10-27)24-25)12-6-7-18(26-11-22-23-19(12)26)21-8-13-15(20)4-3-5-17(13)28-2/h3-7,9,11,21,27H,8,10H2,1-2H3. The molecule has 144 valence electrons. The number of methoxy groups -OCH3 is 1. The van der Waals surface area contributed by atoms with Crippen LogP contribution in [0.25, 0.3) is 16.8 Å². The van der Waals surface area contributed by atoms with E-state index in [-0.39, 0.29) is 19.0 Å². The molecule has 0 saturated heterocycles. The Bertz CT molecular complexity index is 1140. The van der Waals surface area contributed by atoms with E-state index >= 15 is 0 Å². The number of hydrogen-bond donors (Lipinski definition) is 2. The van der Waals surface area contributed by atoms with Crippen LogP contribution in [-0.2, 0) is 20.2 Å². The van der Waals surface area contributed by atoms with Gasteiger partial charge >= 0.3 is 0 Å². The number of aliphatic hydroxyl groups excluding tert-OH is 1. The van der Waals surface area contributed by atoms with E-state index in [9.17, 15) is 9.50 Å². The number of nitrogens with one attached hydrogen (secondary N) is 1. The molecule has 0 spiro atoms. The number of halogens is 1. The Morgan fingerprint density at radius 2 is 2.07 bits per heavy atom. The zero-order valence-corrected chi connectivity index (χ0v) is 15.4. The lowest BCUT2D eigenvalue weighted by Gasteiger charge is -2.13. The summed E-state index contributed by atoms with van der Waals surface area (Å²) >= 11 is 0. The predicted molar refractivity (Wildman–Crippen MR) is 101 cm³/mol. The fourth-order valence-corrected chi connectivity index (χ4v) is 3.22. The van der Waals surface area contributed by atoms with Crippen molar-refractivity contribution in [1.82, 2.24) is 24.4 Å². The van der Waals surface area contributed by atoms with Crippen molar-refractivity contribution in [2.24, 2.45) is 7.05 Å². The third-order valence-electron chi connectivity index (χ3n) is 4.54. The van der Waals surface area contributed by atoms with E-state index in [1.54, 1.807) is 34.6 Å². The van der Waals surface area contributed by atoms with Crippen LogP contribution in [0.3, 0.4) is 0 Å². The third-order valence-corrected chi connectivity index (χ3v) is 4.54. The smallest absolute Gasteiger partial charge is 0.170 e. The topological polar surface area (TPSA) is 89.5 Å². The second kappa shape index (κ2) is 7.28. The maximum absolute atomic E-state index is 14.2. The number of ether oxygens (including phenoxy) is 1. The molecule has 0 aliphatic heterocycles. The van der Waals surface area contributed by atoms with E-state index in [0.717, 1.165) is 11.1 Å². The molecule has 0 atom stereocenters. The van der Waals surface area contributed by atoms with E-state index in [1.165, 1.54) is 13.2 Å². The van der Waals surface area contributed by atoms with Crippen molar-refractivity contribution >= 4 is 11.5 Å². The minimum Gasteiger partial charge on any atom is -0.496 e. The predicted octanol–water partition coefficient (Wildman–Crippen LogP) is 2.38. The molecular formula is C19H19FN6O2. The molecular weight excluding hydrogens is 363 g/mol. The molecule has 8 nitrogen and oxygen atoms in total. The summed E-state index contributed by atoms with van der Waals surface area (Å²) in [6.45, 7) is 0.0564. The van der Waals surface area contributed by atoms with Gasteiger partial charge in [-0.05, 0) is 24.3 Å². The maximum atomic E-state index is 14.2. The molecule has 4 rings (SSSR count). The Labute approximate surface area is 160 Å². The van der Waals surface area contributed by atoms with Gasteiger partial charge in [0.15, 0.2) is 5.65 Å². The first kappa shape index (κ1) is 17.9. The normalized spacial score (nSPS) is 11.1. The minimum absolute atomic E-state index is 0.177. The Hall–Kier alpha value is -3.46. The molecule has 0 aliphatic rings. The monoisotopic (exact) mass is 382 g/mol. The lowest BCUT2D eigenvalue weighted by molar-refractivity contribution is 0.276. The number of benzene rings is 1. The molecule has 0 fully saturated rings. The largest absolute Gasteiger partial charge is 0.496 e. The third kappa shape index (κ3) is 3.05. The summed E-state index contributed by atoms with van der Waals surface area (Å²) in [6.07, 6.45) is 3.40. The quantitative estimate of drug-likeness (QED) is 0.532. The van der Waals surface area contributed by atoms with Crippen molar-refractivity contribution in [3.63, 3.8) is 0 Å². The number of nitrogens with zero attached hydrogens (tertiary/aromatic N) is 5. The van der Waals surface area contributed by atoms with E-state index in [0.29, 0.717) is 28.5 Å². The van der Waals surface area contributed by atoms with Gasteiger partial charge in [0, 0.05) is 36.5 Å². The number of rotatable bonds is 6. The highest BCUT2D eigenvalue weighted by atomic mass is 19.1. The Balaban J connectivity index is 1.70. The van der Waals surface area contributed by atoms with Gasteiger partial charge in [-0.3, -0.25) is 9.08 Å². The van der Waals surface area contributed by atoms with E-state index in [4.69, 9.17) is 4.74 Å². The van der Waals surface area contributed by atoms with Crippen molar-refractivity contribution in [2.45, 2.75) is 13.2 Å². The summed E-state index contributed by atoms with van der Waals surface area (Å²) in [5.41, 5.74) is 3.18. The first-order valence-corrected chi connectivity index (χ1v) is 8.64. The zero-order chi connectivity index (χ0) is 19.7. The van der Waals surface area contributed by atoms with Gasteiger partial charge in [0.05, 0.1) is 19.4 Å². The average Bonchev–Trinajstić information content (AvgIpc) is 3.33. The highest BCUT2D eigenvalue weighted by Gasteiger charge is 2.16. The van der Waals surface area contributed by atoms with Gasteiger partial charge in [0.1, 0.15) is 23.7 Å². The number of aryl methyl sites for hydroxylation is 1. The number of fused-ring (bicyclic) bond motifs is 1. The average molecular weight is 382 g/mol. The van der Waals surface area contributed by atoms with Crippen LogP contribution in [0.1, 0.15) is 11.3 Å². The fourth-order valence-electron chi connectivity index (χ4n) is 3.22. The van der Waals surface area contributed by atoms with E-state index in [1.807, 2.05) is 18.3 Å². The summed E-state index contributed by atoms with van der Waals surface area (Å²) in [6, 6.07) is 8.46. The molecule has 4 aromatic rings. The van der Waals surface area contributed by atoms with Gasteiger partial charge in [-0.1, -0.05) is 6.07 Å². The number of hydrogen-bond acceptors (Lipinski definition) is 6. The Morgan fingerprint density at radius 3 is 2.86 bits per heavy atom. The van der Waals surface area contributed by atoms with Crippen LogP contribution in [0.4, 0.5) is 10.2 Å². The molecule has 9 heteroatoms. The van der Waals surface area contributed by atoms with Crippen LogP contribution in [0.2, 0.25) is 0 Å². The molecule has 0 aliphatic carbocycles. The lowest BCUT2D eigenvalue weighted by Crippen LogP contribution is -2.07. The van der Waals surface area contributed by atoms with Gasteiger partial charge < -0.3 is 15.2 Å². The van der Waals surface area contributed by atoms with Crippen molar-refractivity contribution in [2.75, 3.05) is 12.4 Å². The molecule has 3 heterocycles. The molecule has 0 saturated carbocycles. The van der Waals surface area contributed by atoms with Crippen LogP contribution >= 0.6 is 0 Å². The number of aromatic nitrogens is 5. The highest BCUT2D eigenvalue weighted by Crippen LogP contribution is 2.29. The van der Waals surface area contributed by atoms with Gasteiger partial charge in [0.2, 0.25) is 0 Å². The SMILES string of the molecule is COc1cccc(F)c1CNc1ccc(-c2cn(C)nc2CO)c2nncn12. The van der Waals surface area contributed by atoms with Crippen LogP contribution in [-0.4, -0.2) is 36.6 Å². The van der Waals surface area contributed by atoms with Gasteiger partial charge in [0.25, 0.3) is 0 Å².